The Morgan fingerprint density at radius 2 is 0.889 bits per heavy atom. The quantitative estimate of drug-likeness (QED) is 0.188. The molecule has 0 spiro atoms. The third-order valence-electron chi connectivity index (χ3n) is 14.0. The van der Waals surface area contributed by atoms with E-state index in [1.54, 1.807) is 44.6 Å². The monoisotopic (exact) mass is 850 g/mol. The van der Waals surface area contributed by atoms with E-state index in [1.165, 1.54) is 38.5 Å². The Balaban J connectivity index is -0.000000764. The van der Waals surface area contributed by atoms with Crippen LogP contribution in [0.2, 0.25) is 37.3 Å². The van der Waals surface area contributed by atoms with Crippen LogP contribution in [-0.4, -0.2) is 27.5 Å². The maximum atomic E-state index is 5.39. The van der Waals surface area contributed by atoms with Gasteiger partial charge in [-0.05, 0) is 97.7 Å². The fraction of sp³-hybridized carbons (Fsp3) is 0.812. The zero-order valence-corrected chi connectivity index (χ0v) is 44.4. The number of rotatable bonds is 6. The van der Waals surface area contributed by atoms with Crippen LogP contribution in [0.15, 0.2) is 24.8 Å². The number of nitrogens with zero attached hydrogens (tertiary/aromatic N) is 2. The van der Waals surface area contributed by atoms with E-state index in [1.807, 2.05) is 25.5 Å². The van der Waals surface area contributed by atoms with Crippen LogP contribution in [0, 0.1) is 95.3 Å². The largest absolute Gasteiger partial charge is 4.00 e. The standard InChI is InChI=1S/2C19H36NSi.C6H9.4CH3.2Ti/c2*1-13-10-16-11-14-8-7-9-15(14)12-17(16)18(13)21(5,6)20-19(2,3)4;1-3-5-6-4-2;;;;;;/h2*13-18H,7-12H2,1-6H3;3-6H,1H2,2H3;4*1H3;;/q7*-1;+3;+4/b;;6-4+;;;;;;. The number of fused-ring (bicyclic) bond motifs is 4. The first-order valence-electron chi connectivity index (χ1n) is 20.8. The molecule has 6 aliphatic rings. The Hall–Kier alpha value is 1.13. The topological polar surface area (TPSA) is 28.2 Å². The van der Waals surface area contributed by atoms with Crippen molar-refractivity contribution in [2.75, 3.05) is 0 Å². The van der Waals surface area contributed by atoms with Gasteiger partial charge in [-0.2, -0.15) is 31.2 Å². The normalized spacial score (nSPS) is 35.0. The second-order valence-corrected chi connectivity index (χ2v) is 29.4. The summed E-state index contributed by atoms with van der Waals surface area (Å²) in [4.78, 5) is 10.8. The van der Waals surface area contributed by atoms with E-state index in [9.17, 15) is 0 Å². The van der Waals surface area contributed by atoms with Gasteiger partial charge in [-0.3, -0.25) is 0 Å². The van der Waals surface area contributed by atoms with Crippen molar-refractivity contribution in [2.24, 2.45) is 59.2 Å². The smallest absolute Gasteiger partial charge is 0.660 e. The molecule has 0 aliphatic heterocycles. The second kappa shape index (κ2) is 24.4. The van der Waals surface area contributed by atoms with Gasteiger partial charge in [-0.1, -0.05) is 155 Å². The Morgan fingerprint density at radius 1 is 0.574 bits per heavy atom. The number of hydrogen-bond donors (Lipinski definition) is 0. The van der Waals surface area contributed by atoms with Crippen molar-refractivity contribution in [3.63, 3.8) is 0 Å². The molecule has 0 bridgehead atoms. The summed E-state index contributed by atoms with van der Waals surface area (Å²) in [6.45, 7) is 34.6. The molecule has 0 N–H and O–H groups in total. The van der Waals surface area contributed by atoms with Crippen LogP contribution in [0.5, 0.6) is 0 Å². The van der Waals surface area contributed by atoms with E-state index >= 15 is 0 Å². The average Bonchev–Trinajstić information content (AvgIpc) is 3.70. The Labute approximate surface area is 375 Å². The Bertz CT molecular complexity index is 988. The summed E-state index contributed by atoms with van der Waals surface area (Å²) in [5.41, 5.74) is 2.20. The molecule has 0 heterocycles. The third-order valence-corrected chi connectivity index (χ3v) is 21.8. The predicted octanol–water partition coefficient (Wildman–Crippen LogP) is 16.2. The summed E-state index contributed by atoms with van der Waals surface area (Å²) in [7, 11) is -2.99. The van der Waals surface area contributed by atoms with E-state index in [0.717, 1.165) is 70.3 Å². The molecule has 0 aromatic rings. The molecular formula is C48H93N2Si2Ti2. The van der Waals surface area contributed by atoms with Crippen molar-refractivity contribution < 1.29 is 43.4 Å². The molecule has 54 heavy (non-hydrogen) atoms. The summed E-state index contributed by atoms with van der Waals surface area (Å²) in [5, 5.41) is 0. The van der Waals surface area contributed by atoms with Gasteiger partial charge < -0.3 is 39.7 Å². The molecule has 0 amide bonds. The summed E-state index contributed by atoms with van der Waals surface area (Å²) >= 11 is 0. The first-order chi connectivity index (χ1) is 22.3. The maximum absolute atomic E-state index is 5.39. The molecule has 6 saturated carbocycles. The molecule has 2 nitrogen and oxygen atoms in total. The molecule has 0 aromatic carbocycles. The zero-order valence-electron chi connectivity index (χ0n) is 39.3. The van der Waals surface area contributed by atoms with Gasteiger partial charge in [0.25, 0.3) is 0 Å². The molecule has 0 aromatic heterocycles. The van der Waals surface area contributed by atoms with E-state index in [-0.39, 0.29) is 84.2 Å². The minimum absolute atomic E-state index is 0. The minimum Gasteiger partial charge on any atom is -0.660 e. The molecule has 12 unspecified atom stereocenters. The summed E-state index contributed by atoms with van der Waals surface area (Å²) in [6, 6.07) is 0. The van der Waals surface area contributed by atoms with E-state index in [2.05, 4.69) is 88.2 Å². The van der Waals surface area contributed by atoms with Gasteiger partial charge in [0, 0.05) is 0 Å². The van der Waals surface area contributed by atoms with Crippen LogP contribution in [0.1, 0.15) is 139 Å². The Kier molecular flexibility index (Phi) is 26.9. The number of allylic oxidation sites excluding steroid dienone is 3. The van der Waals surface area contributed by atoms with Crippen molar-refractivity contribution in [3.05, 3.63) is 70.9 Å². The van der Waals surface area contributed by atoms with Gasteiger partial charge in [-0.15, -0.1) is 11.1 Å². The summed E-state index contributed by atoms with van der Waals surface area (Å²) in [6.07, 6.45) is 26.0. The molecule has 6 rings (SSSR count). The second-order valence-electron chi connectivity index (χ2n) is 21.0. The van der Waals surface area contributed by atoms with Crippen LogP contribution < -0.4 is 0 Å². The molecule has 12 atom stereocenters. The Morgan fingerprint density at radius 3 is 1.15 bits per heavy atom. The molecule has 311 valence electrons. The van der Waals surface area contributed by atoms with Crippen LogP contribution in [0.3, 0.4) is 0 Å². The van der Waals surface area contributed by atoms with Crippen molar-refractivity contribution in [3.8, 4) is 0 Å². The van der Waals surface area contributed by atoms with Crippen molar-refractivity contribution in [2.45, 2.75) is 188 Å². The van der Waals surface area contributed by atoms with Crippen molar-refractivity contribution in [1.82, 2.24) is 0 Å². The van der Waals surface area contributed by atoms with Crippen molar-refractivity contribution >= 4 is 16.5 Å². The van der Waals surface area contributed by atoms with E-state index in [4.69, 9.17) is 9.96 Å². The van der Waals surface area contributed by atoms with Crippen LogP contribution in [-0.2, 0) is 43.4 Å². The molecule has 6 aliphatic carbocycles. The van der Waals surface area contributed by atoms with Crippen LogP contribution in [0.4, 0.5) is 0 Å². The molecule has 6 fully saturated rings. The zero-order chi connectivity index (χ0) is 35.7. The summed E-state index contributed by atoms with van der Waals surface area (Å²) in [5.74, 6) is 10.3. The van der Waals surface area contributed by atoms with Gasteiger partial charge in [0.1, 0.15) is 0 Å². The SMILES string of the molecule is C=C[CH-]/C=C/C.CC1CC2CC3CCCC3CC2C1[Si](C)(C)[N-]C(C)(C)C.CC1CC2CC3CCCC3CC2C1[Si](C)(C)[N-]C(C)(C)C.[CH3-].[CH3-].[CH3-].[CH3-].[Ti+3].[Ti+4]. The molecule has 0 saturated heterocycles. The van der Waals surface area contributed by atoms with E-state index < -0.39 is 16.5 Å². The maximum Gasteiger partial charge on any atom is 4.00 e. The average molecular weight is 850 g/mol. The van der Waals surface area contributed by atoms with Crippen molar-refractivity contribution in [1.29, 1.82) is 0 Å². The van der Waals surface area contributed by atoms with Gasteiger partial charge in [-0.25, -0.2) is 0 Å². The number of hydrogen-bond acceptors (Lipinski definition) is 0. The molecular weight excluding hydrogens is 756 g/mol. The van der Waals surface area contributed by atoms with Gasteiger partial charge in [0.05, 0.1) is 0 Å². The first kappa shape index (κ1) is 59.4. The third kappa shape index (κ3) is 15.6. The van der Waals surface area contributed by atoms with E-state index in [0.29, 0.717) is 0 Å². The van der Waals surface area contributed by atoms with Gasteiger partial charge in [0.15, 0.2) is 0 Å². The summed E-state index contributed by atoms with van der Waals surface area (Å²) < 4.78 is 0. The van der Waals surface area contributed by atoms with Gasteiger partial charge >= 0.3 is 43.4 Å². The minimum atomic E-state index is -1.50. The fourth-order valence-corrected chi connectivity index (χ4v) is 23.4. The fourth-order valence-electron chi connectivity index (χ4n) is 13.7. The van der Waals surface area contributed by atoms with Gasteiger partial charge in [0.2, 0.25) is 0 Å². The first-order valence-corrected chi connectivity index (χ1v) is 26.9. The molecule has 6 heteroatoms. The van der Waals surface area contributed by atoms with Crippen LogP contribution >= 0.6 is 0 Å². The van der Waals surface area contributed by atoms with Crippen LogP contribution in [0.25, 0.3) is 9.96 Å². The molecule has 1 radical (unpaired) electrons. The predicted molar refractivity (Wildman–Crippen MR) is 245 cm³/mol.